The Morgan fingerprint density at radius 2 is 2.29 bits per heavy atom. The molecule has 24 heavy (non-hydrogen) atoms. The van der Waals surface area contributed by atoms with E-state index in [9.17, 15) is 0 Å². The SMILES string of the molecule is CCc1cn2c(n1)CN(C)CC2CC(C)c1nc2c(s1)CNCC2. The Morgan fingerprint density at radius 3 is 3.08 bits per heavy atom. The molecule has 0 saturated carbocycles. The van der Waals surface area contributed by atoms with Gasteiger partial charge in [0.25, 0.3) is 0 Å². The van der Waals surface area contributed by atoms with Crippen LogP contribution in [0, 0.1) is 0 Å². The van der Waals surface area contributed by atoms with Gasteiger partial charge in [0, 0.05) is 49.1 Å². The monoisotopic (exact) mass is 345 g/mol. The third-order valence-corrected chi connectivity index (χ3v) is 6.54. The maximum absolute atomic E-state index is 4.95. The molecule has 2 aliphatic heterocycles. The Bertz CT molecular complexity index is 696. The van der Waals surface area contributed by atoms with E-state index in [0.717, 1.165) is 45.4 Å². The predicted octanol–water partition coefficient (Wildman–Crippen LogP) is 2.73. The van der Waals surface area contributed by atoms with E-state index in [2.05, 4.69) is 41.9 Å². The zero-order valence-electron chi connectivity index (χ0n) is 14.9. The van der Waals surface area contributed by atoms with Crippen molar-refractivity contribution in [3.05, 3.63) is 33.3 Å². The van der Waals surface area contributed by atoms with Gasteiger partial charge in [-0.15, -0.1) is 11.3 Å². The van der Waals surface area contributed by atoms with E-state index in [-0.39, 0.29) is 0 Å². The normalized spacial score (nSPS) is 22.2. The highest BCUT2D eigenvalue weighted by atomic mass is 32.1. The summed E-state index contributed by atoms with van der Waals surface area (Å²) in [6.45, 7) is 8.65. The zero-order valence-corrected chi connectivity index (χ0v) is 15.7. The molecule has 4 heterocycles. The topological polar surface area (TPSA) is 46.0 Å². The van der Waals surface area contributed by atoms with Crippen molar-refractivity contribution in [1.29, 1.82) is 0 Å². The maximum Gasteiger partial charge on any atom is 0.123 e. The minimum Gasteiger partial charge on any atom is -0.329 e. The molecule has 0 aliphatic carbocycles. The highest BCUT2D eigenvalue weighted by Gasteiger charge is 2.27. The van der Waals surface area contributed by atoms with Crippen LogP contribution in [0.5, 0.6) is 0 Å². The molecular weight excluding hydrogens is 318 g/mol. The van der Waals surface area contributed by atoms with Gasteiger partial charge in [0.15, 0.2) is 0 Å². The van der Waals surface area contributed by atoms with Crippen molar-refractivity contribution in [2.75, 3.05) is 20.1 Å². The number of thiazole rings is 1. The lowest BCUT2D eigenvalue weighted by atomic mass is 10.0. The third kappa shape index (κ3) is 3.03. The number of fused-ring (bicyclic) bond motifs is 2. The summed E-state index contributed by atoms with van der Waals surface area (Å²) in [7, 11) is 2.20. The molecule has 0 saturated heterocycles. The molecule has 2 aliphatic rings. The fraction of sp³-hybridized carbons (Fsp3) is 0.667. The second-order valence-electron chi connectivity index (χ2n) is 7.25. The molecule has 0 spiro atoms. The van der Waals surface area contributed by atoms with Gasteiger partial charge >= 0.3 is 0 Å². The lowest BCUT2D eigenvalue weighted by Gasteiger charge is -2.32. The van der Waals surface area contributed by atoms with Crippen molar-refractivity contribution >= 4 is 11.3 Å². The summed E-state index contributed by atoms with van der Waals surface area (Å²) in [6, 6.07) is 0.501. The van der Waals surface area contributed by atoms with Crippen LogP contribution in [-0.4, -0.2) is 39.6 Å². The van der Waals surface area contributed by atoms with Crippen molar-refractivity contribution < 1.29 is 0 Å². The van der Waals surface area contributed by atoms with E-state index in [1.807, 2.05) is 11.3 Å². The Balaban J connectivity index is 1.54. The Labute approximate surface area is 148 Å². The lowest BCUT2D eigenvalue weighted by molar-refractivity contribution is 0.206. The maximum atomic E-state index is 4.95. The molecule has 0 fully saturated rings. The fourth-order valence-electron chi connectivity index (χ4n) is 3.90. The second-order valence-corrected chi connectivity index (χ2v) is 8.36. The minimum atomic E-state index is 0.498. The van der Waals surface area contributed by atoms with Gasteiger partial charge in [0.05, 0.1) is 22.9 Å². The average Bonchev–Trinajstić information content (AvgIpc) is 3.18. The Morgan fingerprint density at radius 1 is 1.42 bits per heavy atom. The molecular formula is C18H27N5S. The second kappa shape index (κ2) is 6.58. The van der Waals surface area contributed by atoms with Crippen LogP contribution in [0.1, 0.15) is 59.3 Å². The number of imidazole rings is 1. The number of aromatic nitrogens is 3. The van der Waals surface area contributed by atoms with Crippen molar-refractivity contribution in [2.24, 2.45) is 0 Å². The zero-order chi connectivity index (χ0) is 16.7. The first-order chi connectivity index (χ1) is 11.6. The Kier molecular flexibility index (Phi) is 4.45. The molecule has 2 aromatic heterocycles. The van der Waals surface area contributed by atoms with Crippen LogP contribution in [0.2, 0.25) is 0 Å². The number of nitrogens with one attached hydrogen (secondary N) is 1. The van der Waals surface area contributed by atoms with Crippen LogP contribution in [0.3, 0.4) is 0 Å². The number of rotatable bonds is 4. The molecule has 2 unspecified atom stereocenters. The van der Waals surface area contributed by atoms with Gasteiger partial charge in [-0.3, -0.25) is 4.90 Å². The van der Waals surface area contributed by atoms with Gasteiger partial charge in [-0.25, -0.2) is 9.97 Å². The van der Waals surface area contributed by atoms with Gasteiger partial charge in [-0.2, -0.15) is 0 Å². The summed E-state index contributed by atoms with van der Waals surface area (Å²) in [5.41, 5.74) is 2.55. The first kappa shape index (κ1) is 16.2. The number of nitrogens with zero attached hydrogens (tertiary/aromatic N) is 4. The van der Waals surface area contributed by atoms with Crippen LogP contribution in [0.25, 0.3) is 0 Å². The van der Waals surface area contributed by atoms with E-state index in [0.29, 0.717) is 12.0 Å². The van der Waals surface area contributed by atoms with Crippen LogP contribution in [0.15, 0.2) is 6.20 Å². The Hall–Kier alpha value is -1.24. The summed E-state index contributed by atoms with van der Waals surface area (Å²) in [4.78, 5) is 13.6. The molecule has 130 valence electrons. The van der Waals surface area contributed by atoms with Crippen LogP contribution >= 0.6 is 11.3 Å². The van der Waals surface area contributed by atoms with Crippen molar-refractivity contribution in [2.45, 2.75) is 58.2 Å². The highest BCUT2D eigenvalue weighted by Crippen LogP contribution is 2.34. The summed E-state index contributed by atoms with van der Waals surface area (Å²) < 4.78 is 2.43. The summed E-state index contributed by atoms with van der Waals surface area (Å²) >= 11 is 1.91. The minimum absolute atomic E-state index is 0.498. The molecule has 0 radical (unpaired) electrons. The number of hydrogen-bond acceptors (Lipinski definition) is 5. The molecule has 4 rings (SSSR count). The van der Waals surface area contributed by atoms with E-state index in [1.54, 1.807) is 0 Å². The van der Waals surface area contributed by atoms with E-state index < -0.39 is 0 Å². The van der Waals surface area contributed by atoms with Gasteiger partial charge in [-0.1, -0.05) is 13.8 Å². The molecule has 0 bridgehead atoms. The number of likely N-dealkylation sites (N-methyl/N-ethyl adjacent to an activating group) is 1. The van der Waals surface area contributed by atoms with E-state index >= 15 is 0 Å². The number of hydrogen-bond donors (Lipinski definition) is 1. The smallest absolute Gasteiger partial charge is 0.123 e. The van der Waals surface area contributed by atoms with Gasteiger partial charge in [0.1, 0.15) is 5.82 Å². The molecule has 2 aromatic rings. The number of aryl methyl sites for hydroxylation is 1. The van der Waals surface area contributed by atoms with E-state index in [4.69, 9.17) is 9.97 Å². The quantitative estimate of drug-likeness (QED) is 0.925. The van der Waals surface area contributed by atoms with Crippen molar-refractivity contribution in [1.82, 2.24) is 24.8 Å². The predicted molar refractivity (Wildman–Crippen MR) is 97.5 cm³/mol. The molecule has 2 atom stereocenters. The largest absolute Gasteiger partial charge is 0.329 e. The van der Waals surface area contributed by atoms with Crippen LogP contribution in [-0.2, 0) is 25.9 Å². The first-order valence-electron chi connectivity index (χ1n) is 9.08. The molecule has 0 aromatic carbocycles. The van der Waals surface area contributed by atoms with E-state index in [1.165, 1.54) is 27.1 Å². The first-order valence-corrected chi connectivity index (χ1v) is 9.90. The lowest BCUT2D eigenvalue weighted by Crippen LogP contribution is -2.35. The van der Waals surface area contributed by atoms with Crippen molar-refractivity contribution in [3.8, 4) is 0 Å². The molecule has 5 nitrogen and oxygen atoms in total. The summed E-state index contributed by atoms with van der Waals surface area (Å²) in [6.07, 6.45) is 5.50. The summed E-state index contributed by atoms with van der Waals surface area (Å²) in [5, 5.41) is 4.77. The molecule has 6 heteroatoms. The van der Waals surface area contributed by atoms with Gasteiger partial charge in [-0.05, 0) is 19.9 Å². The standard InChI is InChI=1S/C18H27N5S/c1-4-13-9-23-14(10-22(3)11-17(23)20-13)7-12(2)18-21-15-5-6-19-8-16(15)24-18/h9,12,14,19H,4-8,10-11H2,1-3H3. The van der Waals surface area contributed by atoms with Gasteiger partial charge < -0.3 is 9.88 Å². The molecule has 0 amide bonds. The summed E-state index contributed by atoms with van der Waals surface area (Å²) in [5.74, 6) is 1.72. The van der Waals surface area contributed by atoms with Crippen molar-refractivity contribution in [3.63, 3.8) is 0 Å². The highest BCUT2D eigenvalue weighted by molar-refractivity contribution is 7.11. The average molecular weight is 346 g/mol. The van der Waals surface area contributed by atoms with Crippen LogP contribution < -0.4 is 5.32 Å². The van der Waals surface area contributed by atoms with Crippen LogP contribution in [0.4, 0.5) is 0 Å². The fourth-order valence-corrected chi connectivity index (χ4v) is 5.04. The van der Waals surface area contributed by atoms with Gasteiger partial charge in [0.2, 0.25) is 0 Å². The molecule has 1 N–H and O–H groups in total. The third-order valence-electron chi connectivity index (χ3n) is 5.21.